The summed E-state index contributed by atoms with van der Waals surface area (Å²) in [6.45, 7) is 0. The standard InChI is InChI=1S/C22H19F3N2S/c1-28-12-14-3-2-4-17-19(11-27-21(14)17)20(18-9-15(18)10-26)13-5-7-16(8-6-13)22(23,24)25/h2-8,11,15,18,20,27H,9,12H2,1H3. The third-order valence-electron chi connectivity index (χ3n) is 5.50. The Balaban J connectivity index is 1.79. The lowest BCUT2D eigenvalue weighted by molar-refractivity contribution is -0.137. The van der Waals surface area contributed by atoms with Gasteiger partial charge in [-0.25, -0.2) is 0 Å². The maximum absolute atomic E-state index is 13.0. The summed E-state index contributed by atoms with van der Waals surface area (Å²) in [6, 6.07) is 13.9. The second-order valence-corrected chi connectivity index (χ2v) is 8.12. The predicted molar refractivity (Wildman–Crippen MR) is 106 cm³/mol. The Kier molecular flexibility index (Phi) is 4.88. The van der Waals surface area contributed by atoms with Crippen LogP contribution in [-0.4, -0.2) is 11.2 Å². The first-order chi connectivity index (χ1) is 13.4. The highest BCUT2D eigenvalue weighted by molar-refractivity contribution is 7.97. The fraction of sp³-hybridized carbons (Fsp3) is 0.318. The van der Waals surface area contributed by atoms with E-state index in [4.69, 9.17) is 0 Å². The molecule has 1 N–H and O–H groups in total. The number of hydrogen-bond acceptors (Lipinski definition) is 2. The SMILES string of the molecule is CSCc1cccc2c(C(c3ccc(C(F)(F)F)cc3)C3CC3C#N)c[nH]c12. The zero-order valence-corrected chi connectivity index (χ0v) is 16.1. The van der Waals surface area contributed by atoms with Gasteiger partial charge in [0.2, 0.25) is 0 Å². The van der Waals surface area contributed by atoms with E-state index in [1.165, 1.54) is 5.56 Å². The van der Waals surface area contributed by atoms with Gasteiger partial charge in [0, 0.05) is 28.8 Å². The summed E-state index contributed by atoms with van der Waals surface area (Å²) in [5.74, 6) is 0.869. The molecule has 0 bridgehead atoms. The Hall–Kier alpha value is -2.39. The van der Waals surface area contributed by atoms with Crippen molar-refractivity contribution in [1.29, 1.82) is 5.26 Å². The van der Waals surface area contributed by atoms with Gasteiger partial charge in [0.1, 0.15) is 0 Å². The van der Waals surface area contributed by atoms with Crippen LogP contribution in [0.3, 0.4) is 0 Å². The van der Waals surface area contributed by atoms with Crippen molar-refractivity contribution < 1.29 is 13.2 Å². The van der Waals surface area contributed by atoms with Crippen molar-refractivity contribution in [3.63, 3.8) is 0 Å². The fourth-order valence-electron chi connectivity index (χ4n) is 4.04. The average Bonchev–Trinajstić information content (AvgIpc) is 3.32. The van der Waals surface area contributed by atoms with Crippen LogP contribution in [0.25, 0.3) is 10.9 Å². The first-order valence-corrected chi connectivity index (χ1v) is 10.5. The van der Waals surface area contributed by atoms with Gasteiger partial charge >= 0.3 is 6.18 Å². The van der Waals surface area contributed by atoms with Gasteiger partial charge in [0.15, 0.2) is 0 Å². The minimum atomic E-state index is -4.35. The molecule has 4 rings (SSSR count). The van der Waals surface area contributed by atoms with Crippen LogP contribution in [0.2, 0.25) is 0 Å². The van der Waals surface area contributed by atoms with Gasteiger partial charge in [-0.15, -0.1) is 0 Å². The third kappa shape index (κ3) is 3.40. The van der Waals surface area contributed by atoms with E-state index < -0.39 is 11.7 Å². The maximum Gasteiger partial charge on any atom is 0.416 e. The summed E-state index contributed by atoms with van der Waals surface area (Å²) in [4.78, 5) is 3.37. The Morgan fingerprint density at radius 2 is 1.96 bits per heavy atom. The minimum absolute atomic E-state index is 0.0494. The molecule has 1 aliphatic carbocycles. The Morgan fingerprint density at radius 1 is 1.21 bits per heavy atom. The molecule has 2 nitrogen and oxygen atoms in total. The molecule has 1 saturated carbocycles. The molecular formula is C22H19F3N2S. The zero-order valence-electron chi connectivity index (χ0n) is 15.3. The predicted octanol–water partition coefficient (Wildman–Crippen LogP) is 6.34. The summed E-state index contributed by atoms with van der Waals surface area (Å²) in [7, 11) is 0. The maximum atomic E-state index is 13.0. The van der Waals surface area contributed by atoms with E-state index in [1.807, 2.05) is 18.3 Å². The lowest BCUT2D eigenvalue weighted by atomic mass is 9.85. The molecule has 1 heterocycles. The van der Waals surface area contributed by atoms with Crippen molar-refractivity contribution in [2.24, 2.45) is 11.8 Å². The number of nitrogens with one attached hydrogen (secondary N) is 1. The van der Waals surface area contributed by atoms with Crippen LogP contribution in [0, 0.1) is 23.2 Å². The summed E-state index contributed by atoms with van der Waals surface area (Å²) in [5, 5.41) is 10.4. The number of fused-ring (bicyclic) bond motifs is 1. The topological polar surface area (TPSA) is 39.6 Å². The number of hydrogen-bond donors (Lipinski definition) is 1. The van der Waals surface area contributed by atoms with Gasteiger partial charge in [-0.1, -0.05) is 30.3 Å². The molecule has 3 aromatic rings. The van der Waals surface area contributed by atoms with Crippen molar-refractivity contribution in [3.8, 4) is 6.07 Å². The molecule has 1 aliphatic rings. The largest absolute Gasteiger partial charge is 0.416 e. The minimum Gasteiger partial charge on any atom is -0.361 e. The highest BCUT2D eigenvalue weighted by Crippen LogP contribution is 2.52. The van der Waals surface area contributed by atoms with Crippen LogP contribution >= 0.6 is 11.8 Å². The van der Waals surface area contributed by atoms with E-state index in [1.54, 1.807) is 23.9 Å². The van der Waals surface area contributed by atoms with E-state index in [0.717, 1.165) is 46.3 Å². The third-order valence-corrected chi connectivity index (χ3v) is 6.10. The highest BCUT2D eigenvalue weighted by Gasteiger charge is 2.45. The van der Waals surface area contributed by atoms with Crippen LogP contribution < -0.4 is 0 Å². The van der Waals surface area contributed by atoms with E-state index in [2.05, 4.69) is 23.4 Å². The van der Waals surface area contributed by atoms with Crippen LogP contribution in [-0.2, 0) is 11.9 Å². The lowest BCUT2D eigenvalue weighted by Gasteiger charge is -2.18. The molecule has 0 spiro atoms. The molecule has 3 unspecified atom stereocenters. The Bertz CT molecular complexity index is 1030. The number of halogens is 3. The molecule has 2 aromatic carbocycles. The van der Waals surface area contributed by atoms with Crippen LogP contribution in [0.1, 0.15) is 34.6 Å². The van der Waals surface area contributed by atoms with E-state index >= 15 is 0 Å². The lowest BCUT2D eigenvalue weighted by Crippen LogP contribution is -2.08. The Morgan fingerprint density at radius 3 is 2.57 bits per heavy atom. The number of thioether (sulfide) groups is 1. The molecule has 1 fully saturated rings. The second-order valence-electron chi connectivity index (χ2n) is 7.25. The smallest absolute Gasteiger partial charge is 0.361 e. The second kappa shape index (κ2) is 7.21. The monoisotopic (exact) mass is 400 g/mol. The van der Waals surface area contributed by atoms with E-state index in [0.29, 0.717) is 0 Å². The van der Waals surface area contributed by atoms with Gasteiger partial charge in [-0.3, -0.25) is 0 Å². The quantitative estimate of drug-likeness (QED) is 0.543. The molecule has 28 heavy (non-hydrogen) atoms. The molecular weight excluding hydrogens is 381 g/mol. The molecule has 6 heteroatoms. The molecule has 1 aromatic heterocycles. The van der Waals surface area contributed by atoms with Gasteiger partial charge in [0.25, 0.3) is 0 Å². The average molecular weight is 400 g/mol. The zero-order chi connectivity index (χ0) is 19.9. The molecule has 0 radical (unpaired) electrons. The number of nitriles is 1. The van der Waals surface area contributed by atoms with Crippen molar-refractivity contribution >= 4 is 22.7 Å². The van der Waals surface area contributed by atoms with Gasteiger partial charge in [-0.2, -0.15) is 30.2 Å². The van der Waals surface area contributed by atoms with Crippen molar-refractivity contribution in [2.75, 3.05) is 6.26 Å². The van der Waals surface area contributed by atoms with E-state index in [-0.39, 0.29) is 17.8 Å². The first-order valence-electron chi connectivity index (χ1n) is 9.08. The highest BCUT2D eigenvalue weighted by atomic mass is 32.2. The summed E-state index contributed by atoms with van der Waals surface area (Å²) >= 11 is 1.74. The van der Waals surface area contributed by atoms with Gasteiger partial charge in [0.05, 0.1) is 17.6 Å². The van der Waals surface area contributed by atoms with Gasteiger partial charge < -0.3 is 4.98 Å². The first kappa shape index (κ1) is 18.9. The van der Waals surface area contributed by atoms with Crippen LogP contribution in [0.5, 0.6) is 0 Å². The van der Waals surface area contributed by atoms with Crippen molar-refractivity contribution in [1.82, 2.24) is 4.98 Å². The van der Waals surface area contributed by atoms with Crippen LogP contribution in [0.15, 0.2) is 48.7 Å². The fourth-order valence-corrected chi connectivity index (χ4v) is 4.59. The number of H-pyrrole nitrogens is 1. The van der Waals surface area contributed by atoms with Gasteiger partial charge in [-0.05, 0) is 47.4 Å². The molecule has 0 aliphatic heterocycles. The number of benzene rings is 2. The molecule has 0 saturated heterocycles. The number of para-hydroxylation sites is 1. The number of rotatable bonds is 5. The number of nitrogens with zero attached hydrogens (tertiary/aromatic N) is 1. The molecule has 0 amide bonds. The number of alkyl halides is 3. The normalized spacial score (nSPS) is 20.1. The Labute approximate surface area is 165 Å². The summed E-state index contributed by atoms with van der Waals surface area (Å²) in [6.07, 6.45) is 0.439. The number of aromatic amines is 1. The van der Waals surface area contributed by atoms with E-state index in [9.17, 15) is 18.4 Å². The summed E-state index contributed by atoms with van der Waals surface area (Å²) < 4.78 is 38.9. The summed E-state index contributed by atoms with van der Waals surface area (Å²) in [5.41, 5.74) is 3.50. The van der Waals surface area contributed by atoms with Crippen LogP contribution in [0.4, 0.5) is 13.2 Å². The molecule has 144 valence electrons. The number of aromatic nitrogens is 1. The van der Waals surface area contributed by atoms with Crippen molar-refractivity contribution in [3.05, 3.63) is 70.9 Å². The van der Waals surface area contributed by atoms with Crippen molar-refractivity contribution in [2.45, 2.75) is 24.3 Å². The molecule has 3 atom stereocenters.